The normalized spacial score (nSPS) is 22.8. The van der Waals surface area contributed by atoms with Gasteiger partial charge in [-0.1, -0.05) is 0 Å². The predicted molar refractivity (Wildman–Crippen MR) is 118 cm³/mol. The Morgan fingerprint density at radius 2 is 1.62 bits per heavy atom. The molecule has 0 fully saturated rings. The minimum Gasteiger partial charge on any atom is -0.355 e. The third-order valence-corrected chi connectivity index (χ3v) is 6.03. The van der Waals surface area contributed by atoms with Crippen LogP contribution >= 0.6 is 8.38 Å². The summed E-state index contributed by atoms with van der Waals surface area (Å²) in [5, 5.41) is 2.67. The van der Waals surface area contributed by atoms with Gasteiger partial charge in [-0.05, 0) is 73.7 Å². The second-order valence-corrected chi connectivity index (χ2v) is 8.14. The fourth-order valence-electron chi connectivity index (χ4n) is 3.42. The van der Waals surface area contributed by atoms with Crippen molar-refractivity contribution in [3.05, 3.63) is 82.1 Å². The molecule has 29 heavy (non-hydrogen) atoms. The number of hydrogen-bond donors (Lipinski definition) is 2. The van der Waals surface area contributed by atoms with Crippen LogP contribution in [0.5, 0.6) is 0 Å². The summed E-state index contributed by atoms with van der Waals surface area (Å²) in [6.07, 6.45) is 17.7. The highest BCUT2D eigenvalue weighted by Crippen LogP contribution is 2.46. The van der Waals surface area contributed by atoms with Crippen molar-refractivity contribution in [3.8, 4) is 0 Å². The first-order valence-corrected chi connectivity index (χ1v) is 10.6. The molecule has 0 spiro atoms. The standard InChI is InChI=1S/C22H19N4O2P/c1-2-28-29(27)22-13-20-11-18-6-5-16(24-18)9-14-3-4-15(23-14)10-17-7-8-19(25-17)12-21(22)26-20/h3-13,21,24,27H,2H2,1H3. The number of allylic oxidation sites excluding steroid dienone is 6. The van der Waals surface area contributed by atoms with E-state index in [0.29, 0.717) is 6.61 Å². The van der Waals surface area contributed by atoms with Crippen molar-refractivity contribution in [3.63, 3.8) is 0 Å². The fourth-order valence-corrected chi connectivity index (χ4v) is 4.42. The van der Waals surface area contributed by atoms with E-state index in [1.54, 1.807) is 0 Å². The van der Waals surface area contributed by atoms with Crippen LogP contribution in [0.2, 0.25) is 0 Å². The zero-order valence-electron chi connectivity index (χ0n) is 15.8. The lowest BCUT2D eigenvalue weighted by atomic mass is 10.2. The third-order valence-electron chi connectivity index (χ3n) is 4.69. The van der Waals surface area contributed by atoms with Crippen LogP contribution < -0.4 is 10.7 Å². The highest BCUT2D eigenvalue weighted by molar-refractivity contribution is 7.51. The van der Waals surface area contributed by atoms with Crippen LogP contribution in [0.4, 0.5) is 0 Å². The molecule has 8 bridgehead atoms. The molecule has 1 aromatic heterocycles. The summed E-state index contributed by atoms with van der Waals surface area (Å²) in [4.78, 5) is 27.9. The molecule has 2 N–H and O–H groups in total. The smallest absolute Gasteiger partial charge is 0.200 e. The lowest BCUT2D eigenvalue weighted by Gasteiger charge is -2.14. The summed E-state index contributed by atoms with van der Waals surface area (Å²) in [7, 11) is -1.70. The van der Waals surface area contributed by atoms with E-state index in [1.165, 1.54) is 0 Å². The van der Waals surface area contributed by atoms with E-state index in [1.807, 2.05) is 73.7 Å². The number of aromatic nitrogens is 1. The van der Waals surface area contributed by atoms with E-state index in [0.717, 1.165) is 44.5 Å². The van der Waals surface area contributed by atoms with E-state index in [4.69, 9.17) is 9.52 Å². The van der Waals surface area contributed by atoms with E-state index >= 15 is 0 Å². The van der Waals surface area contributed by atoms with Gasteiger partial charge >= 0.3 is 0 Å². The Morgan fingerprint density at radius 1 is 0.931 bits per heavy atom. The molecule has 0 saturated carbocycles. The molecule has 5 heterocycles. The number of fused-ring (bicyclic) bond motifs is 5. The van der Waals surface area contributed by atoms with Crippen LogP contribution in [-0.2, 0) is 4.52 Å². The topological polar surface area (TPSA) is 82.3 Å². The van der Waals surface area contributed by atoms with Gasteiger partial charge in [0.15, 0.2) is 0 Å². The summed E-state index contributed by atoms with van der Waals surface area (Å²) in [6, 6.07) is 3.71. The Kier molecular flexibility index (Phi) is 4.68. The summed E-state index contributed by atoms with van der Waals surface area (Å²) in [6.45, 7) is 2.32. The Bertz CT molecular complexity index is 1240. The van der Waals surface area contributed by atoms with Crippen LogP contribution in [0, 0.1) is 0 Å². The summed E-state index contributed by atoms with van der Waals surface area (Å²) in [5.74, 6) is 0. The molecule has 0 aromatic carbocycles. The zero-order chi connectivity index (χ0) is 19.8. The van der Waals surface area contributed by atoms with Crippen molar-refractivity contribution in [1.29, 1.82) is 0 Å². The van der Waals surface area contributed by atoms with E-state index in [-0.39, 0.29) is 6.04 Å². The van der Waals surface area contributed by atoms with Crippen molar-refractivity contribution >= 4 is 37.7 Å². The Balaban J connectivity index is 1.64. The van der Waals surface area contributed by atoms with Gasteiger partial charge in [0.1, 0.15) is 6.04 Å². The average Bonchev–Trinajstić information content (AvgIpc) is 3.46. The second kappa shape index (κ2) is 7.48. The largest absolute Gasteiger partial charge is 0.355 e. The number of aromatic amines is 1. The Labute approximate surface area is 169 Å². The molecule has 6 nitrogen and oxygen atoms in total. The van der Waals surface area contributed by atoms with Crippen LogP contribution in [0.25, 0.3) is 12.2 Å². The van der Waals surface area contributed by atoms with Gasteiger partial charge in [0, 0.05) is 16.0 Å². The molecule has 5 rings (SSSR count). The molecule has 4 aliphatic heterocycles. The van der Waals surface area contributed by atoms with Gasteiger partial charge in [-0.2, -0.15) is 0 Å². The van der Waals surface area contributed by atoms with Crippen LogP contribution in [-0.4, -0.2) is 39.7 Å². The average molecular weight is 402 g/mol. The van der Waals surface area contributed by atoms with Gasteiger partial charge in [0.2, 0.25) is 8.38 Å². The summed E-state index contributed by atoms with van der Waals surface area (Å²) >= 11 is 0. The molecule has 144 valence electrons. The molecular formula is C22H19N4O2P. The lowest BCUT2D eigenvalue weighted by molar-refractivity contribution is 0.334. The molecule has 2 unspecified atom stereocenters. The zero-order valence-corrected chi connectivity index (χ0v) is 16.7. The maximum Gasteiger partial charge on any atom is 0.200 e. The van der Waals surface area contributed by atoms with Gasteiger partial charge in [-0.15, -0.1) is 0 Å². The van der Waals surface area contributed by atoms with Crippen molar-refractivity contribution in [2.75, 3.05) is 6.61 Å². The summed E-state index contributed by atoms with van der Waals surface area (Å²) < 4.78 is 5.48. The molecule has 1 aromatic rings. The number of nitrogens with zero attached hydrogens (tertiary/aromatic N) is 3. The monoisotopic (exact) mass is 402 g/mol. The SMILES string of the molecule is CCOP(O)C1=CC2=NC1C=C1C=CC(=N1)C=C1C=CC(=N1)C=c1ccc([nH]1)=C2. The first-order chi connectivity index (χ1) is 14.2. The van der Waals surface area contributed by atoms with Gasteiger partial charge in [-0.25, -0.2) is 9.98 Å². The van der Waals surface area contributed by atoms with E-state index in [9.17, 15) is 4.89 Å². The lowest BCUT2D eigenvalue weighted by Crippen LogP contribution is -2.12. The fraction of sp³-hybridized carbons (Fsp3) is 0.136. The van der Waals surface area contributed by atoms with E-state index in [2.05, 4.69) is 15.0 Å². The molecule has 2 atom stereocenters. The van der Waals surface area contributed by atoms with Crippen molar-refractivity contribution < 1.29 is 9.42 Å². The highest BCUT2D eigenvalue weighted by Gasteiger charge is 2.26. The Morgan fingerprint density at radius 3 is 2.41 bits per heavy atom. The van der Waals surface area contributed by atoms with E-state index < -0.39 is 8.38 Å². The molecule has 0 amide bonds. The third kappa shape index (κ3) is 3.83. The van der Waals surface area contributed by atoms with Gasteiger partial charge < -0.3 is 14.4 Å². The number of aliphatic imine (C=N–C) groups is 3. The maximum atomic E-state index is 10.5. The predicted octanol–water partition coefficient (Wildman–Crippen LogP) is 2.43. The molecule has 7 heteroatoms. The van der Waals surface area contributed by atoms with Crippen molar-refractivity contribution in [2.24, 2.45) is 15.0 Å². The van der Waals surface area contributed by atoms with Crippen LogP contribution in [0.1, 0.15) is 6.92 Å². The molecule has 0 radical (unpaired) electrons. The summed E-state index contributed by atoms with van der Waals surface area (Å²) in [5.41, 5.74) is 4.19. The van der Waals surface area contributed by atoms with Gasteiger partial charge in [0.25, 0.3) is 0 Å². The first-order valence-electron chi connectivity index (χ1n) is 9.43. The minimum absolute atomic E-state index is 0.302. The first kappa shape index (κ1) is 18.1. The molecule has 4 aliphatic rings. The number of H-pyrrole nitrogens is 1. The number of hydrogen-bond acceptors (Lipinski definition) is 5. The molecule has 0 saturated heterocycles. The van der Waals surface area contributed by atoms with Crippen LogP contribution in [0.3, 0.4) is 0 Å². The van der Waals surface area contributed by atoms with Crippen LogP contribution in [0.15, 0.2) is 86.4 Å². The molecule has 0 aliphatic carbocycles. The highest BCUT2D eigenvalue weighted by atomic mass is 31.2. The van der Waals surface area contributed by atoms with Crippen molar-refractivity contribution in [2.45, 2.75) is 13.0 Å². The van der Waals surface area contributed by atoms with Crippen molar-refractivity contribution in [1.82, 2.24) is 4.98 Å². The second-order valence-electron chi connectivity index (χ2n) is 6.82. The number of rotatable bonds is 3. The quantitative estimate of drug-likeness (QED) is 0.762. The minimum atomic E-state index is -1.70. The molecular weight excluding hydrogens is 383 g/mol. The van der Waals surface area contributed by atoms with Gasteiger partial charge in [0.05, 0.1) is 35.1 Å². The van der Waals surface area contributed by atoms with Gasteiger partial charge in [-0.3, -0.25) is 4.99 Å². The maximum absolute atomic E-state index is 10.5. The Hall–Kier alpha value is -2.92. The number of nitrogens with one attached hydrogen (secondary N) is 1.